The van der Waals surface area contributed by atoms with Gasteiger partial charge in [0, 0.05) is 13.7 Å². The predicted octanol–water partition coefficient (Wildman–Crippen LogP) is 1.00. The van der Waals surface area contributed by atoms with Crippen molar-refractivity contribution < 1.29 is 4.74 Å². The lowest BCUT2D eigenvalue weighted by atomic mass is 9.98. The Hall–Kier alpha value is -0.120. The number of piperidine rings is 1. The Morgan fingerprint density at radius 2 is 2.00 bits per heavy atom. The van der Waals surface area contributed by atoms with Crippen LogP contribution in [0.3, 0.4) is 0 Å². The summed E-state index contributed by atoms with van der Waals surface area (Å²) in [5.41, 5.74) is -0.0348. The van der Waals surface area contributed by atoms with Crippen molar-refractivity contribution in [1.29, 1.82) is 0 Å². The quantitative estimate of drug-likeness (QED) is 0.694. The van der Waals surface area contributed by atoms with Gasteiger partial charge in [-0.3, -0.25) is 0 Å². The average molecular weight is 200 g/mol. The van der Waals surface area contributed by atoms with Gasteiger partial charge in [0.15, 0.2) is 0 Å². The van der Waals surface area contributed by atoms with Gasteiger partial charge in [-0.05, 0) is 52.2 Å². The number of methoxy groups -OCH3 is 1. The Bertz CT molecular complexity index is 153. The van der Waals surface area contributed by atoms with Gasteiger partial charge < -0.3 is 15.4 Å². The van der Waals surface area contributed by atoms with Gasteiger partial charge in [-0.1, -0.05) is 0 Å². The van der Waals surface area contributed by atoms with E-state index in [0.29, 0.717) is 0 Å². The van der Waals surface area contributed by atoms with Crippen LogP contribution in [0, 0.1) is 5.92 Å². The average Bonchev–Trinajstić information content (AvgIpc) is 2.19. The molecule has 3 nitrogen and oxygen atoms in total. The molecule has 3 heteroatoms. The highest BCUT2D eigenvalue weighted by atomic mass is 16.5. The highest BCUT2D eigenvalue weighted by Crippen LogP contribution is 2.11. The fourth-order valence-electron chi connectivity index (χ4n) is 1.74. The number of hydrogen-bond donors (Lipinski definition) is 2. The molecule has 2 N–H and O–H groups in total. The van der Waals surface area contributed by atoms with Crippen molar-refractivity contribution in [3.05, 3.63) is 0 Å². The molecule has 0 spiro atoms. The molecule has 84 valence electrons. The second-order valence-electron chi connectivity index (χ2n) is 4.79. The molecule has 0 radical (unpaired) electrons. The van der Waals surface area contributed by atoms with Crippen molar-refractivity contribution >= 4 is 0 Å². The minimum atomic E-state index is -0.0348. The molecule has 0 saturated carbocycles. The van der Waals surface area contributed by atoms with Gasteiger partial charge in [-0.15, -0.1) is 0 Å². The fraction of sp³-hybridized carbons (Fsp3) is 1.00. The molecular weight excluding hydrogens is 176 g/mol. The summed E-state index contributed by atoms with van der Waals surface area (Å²) in [7, 11) is 1.77. The maximum atomic E-state index is 5.35. The van der Waals surface area contributed by atoms with Crippen molar-refractivity contribution in [3.63, 3.8) is 0 Å². The first kappa shape index (κ1) is 12.0. The third-order valence-electron chi connectivity index (χ3n) is 3.00. The summed E-state index contributed by atoms with van der Waals surface area (Å²) < 4.78 is 5.35. The van der Waals surface area contributed by atoms with E-state index < -0.39 is 0 Å². The molecule has 0 aromatic carbocycles. The molecule has 0 bridgehead atoms. The summed E-state index contributed by atoms with van der Waals surface area (Å²) in [5, 5.41) is 6.87. The van der Waals surface area contributed by atoms with Crippen molar-refractivity contribution in [1.82, 2.24) is 10.6 Å². The smallest absolute Gasteiger partial charge is 0.0746 e. The zero-order valence-corrected chi connectivity index (χ0v) is 9.73. The number of nitrogens with one attached hydrogen (secondary N) is 2. The molecule has 0 amide bonds. The van der Waals surface area contributed by atoms with Crippen LogP contribution in [0.1, 0.15) is 26.7 Å². The Kier molecular flexibility index (Phi) is 4.85. The second-order valence-corrected chi connectivity index (χ2v) is 4.79. The van der Waals surface area contributed by atoms with Crippen LogP contribution in [0.4, 0.5) is 0 Å². The number of hydrogen-bond acceptors (Lipinski definition) is 3. The molecule has 1 saturated heterocycles. The van der Waals surface area contributed by atoms with Gasteiger partial charge in [0.2, 0.25) is 0 Å². The van der Waals surface area contributed by atoms with Crippen LogP contribution in [0.2, 0.25) is 0 Å². The van der Waals surface area contributed by atoms with Crippen molar-refractivity contribution in [2.45, 2.75) is 32.3 Å². The summed E-state index contributed by atoms with van der Waals surface area (Å²) in [4.78, 5) is 0. The van der Waals surface area contributed by atoms with Gasteiger partial charge in [0.1, 0.15) is 0 Å². The third-order valence-corrected chi connectivity index (χ3v) is 3.00. The zero-order chi connectivity index (χ0) is 10.4. The fourth-order valence-corrected chi connectivity index (χ4v) is 1.74. The van der Waals surface area contributed by atoms with E-state index >= 15 is 0 Å². The minimum absolute atomic E-state index is 0.0348. The Morgan fingerprint density at radius 3 is 2.57 bits per heavy atom. The monoisotopic (exact) mass is 200 g/mol. The molecule has 1 rings (SSSR count). The SMILES string of the molecule is COC(C)(C)CNCC1CCNCC1. The van der Waals surface area contributed by atoms with E-state index in [4.69, 9.17) is 4.74 Å². The number of rotatable bonds is 5. The van der Waals surface area contributed by atoms with Gasteiger partial charge in [-0.2, -0.15) is 0 Å². The lowest BCUT2D eigenvalue weighted by Crippen LogP contribution is -2.40. The van der Waals surface area contributed by atoms with Gasteiger partial charge in [-0.25, -0.2) is 0 Å². The van der Waals surface area contributed by atoms with Crippen LogP contribution >= 0.6 is 0 Å². The maximum Gasteiger partial charge on any atom is 0.0746 e. The molecule has 1 aliphatic heterocycles. The molecule has 0 aromatic heterocycles. The largest absolute Gasteiger partial charge is 0.377 e. The van der Waals surface area contributed by atoms with Crippen LogP contribution < -0.4 is 10.6 Å². The molecule has 1 fully saturated rings. The normalized spacial score (nSPS) is 19.9. The highest BCUT2D eigenvalue weighted by Gasteiger charge is 2.17. The van der Waals surface area contributed by atoms with Gasteiger partial charge in [0.05, 0.1) is 5.60 Å². The maximum absolute atomic E-state index is 5.35. The second kappa shape index (κ2) is 5.69. The minimum Gasteiger partial charge on any atom is -0.377 e. The van der Waals surface area contributed by atoms with Crippen LogP contribution in [0.15, 0.2) is 0 Å². The summed E-state index contributed by atoms with van der Waals surface area (Å²) in [6.45, 7) is 8.66. The van der Waals surface area contributed by atoms with Crippen molar-refractivity contribution in [2.75, 3.05) is 33.3 Å². The zero-order valence-electron chi connectivity index (χ0n) is 9.73. The van der Waals surface area contributed by atoms with E-state index in [-0.39, 0.29) is 5.60 Å². The predicted molar refractivity (Wildman–Crippen MR) is 59.6 cm³/mol. The van der Waals surface area contributed by atoms with Gasteiger partial charge in [0.25, 0.3) is 0 Å². The lowest BCUT2D eigenvalue weighted by molar-refractivity contribution is 0.0224. The molecule has 14 heavy (non-hydrogen) atoms. The molecule has 1 aliphatic rings. The van der Waals surface area contributed by atoms with Crippen LogP contribution in [0.25, 0.3) is 0 Å². The topological polar surface area (TPSA) is 33.3 Å². The van der Waals surface area contributed by atoms with Gasteiger partial charge >= 0.3 is 0 Å². The summed E-state index contributed by atoms with van der Waals surface area (Å²) in [6, 6.07) is 0. The number of ether oxygens (including phenoxy) is 1. The molecular formula is C11H24N2O. The summed E-state index contributed by atoms with van der Waals surface area (Å²) in [5.74, 6) is 0.851. The van der Waals surface area contributed by atoms with Crippen molar-refractivity contribution in [3.8, 4) is 0 Å². The first-order chi connectivity index (χ1) is 6.64. The van der Waals surface area contributed by atoms with Crippen molar-refractivity contribution in [2.24, 2.45) is 5.92 Å². The van der Waals surface area contributed by atoms with Crippen LogP contribution in [-0.2, 0) is 4.74 Å². The first-order valence-corrected chi connectivity index (χ1v) is 5.60. The highest BCUT2D eigenvalue weighted by molar-refractivity contribution is 4.75. The van der Waals surface area contributed by atoms with E-state index in [1.54, 1.807) is 7.11 Å². The third kappa shape index (κ3) is 4.40. The summed E-state index contributed by atoms with van der Waals surface area (Å²) >= 11 is 0. The molecule has 0 aliphatic carbocycles. The van der Waals surface area contributed by atoms with Crippen LogP contribution in [-0.4, -0.2) is 38.9 Å². The first-order valence-electron chi connectivity index (χ1n) is 5.60. The van der Waals surface area contributed by atoms with E-state index in [0.717, 1.165) is 19.0 Å². The van der Waals surface area contributed by atoms with E-state index in [9.17, 15) is 0 Å². The Labute approximate surface area is 87.6 Å². The van der Waals surface area contributed by atoms with E-state index in [1.165, 1.54) is 25.9 Å². The standard InChI is InChI=1S/C11H24N2O/c1-11(2,14-3)9-13-8-10-4-6-12-7-5-10/h10,12-13H,4-9H2,1-3H3. The van der Waals surface area contributed by atoms with Crippen LogP contribution in [0.5, 0.6) is 0 Å². The molecule has 0 aromatic rings. The molecule has 0 atom stereocenters. The van der Waals surface area contributed by atoms with E-state index in [2.05, 4.69) is 24.5 Å². The summed E-state index contributed by atoms with van der Waals surface area (Å²) in [6.07, 6.45) is 2.61. The molecule has 1 heterocycles. The Morgan fingerprint density at radius 1 is 1.36 bits per heavy atom. The Balaban J connectivity index is 2.08. The lowest BCUT2D eigenvalue weighted by Gasteiger charge is -2.27. The molecule has 0 unspecified atom stereocenters. The van der Waals surface area contributed by atoms with E-state index in [1.807, 2.05) is 0 Å².